The smallest absolute Gasteiger partial charge is 0.290 e. The van der Waals surface area contributed by atoms with Crippen LogP contribution in [-0.2, 0) is 0 Å². The van der Waals surface area contributed by atoms with Crippen LogP contribution in [0.15, 0.2) is 66.0 Å². The van der Waals surface area contributed by atoms with Crippen LogP contribution in [0.1, 0.15) is 15.9 Å². The summed E-state index contributed by atoms with van der Waals surface area (Å²) in [6.45, 7) is 1.98. The lowest BCUT2D eigenvalue weighted by atomic mass is 10.2. The second kappa shape index (κ2) is 8.59. The maximum Gasteiger partial charge on any atom is 0.290 e. The van der Waals surface area contributed by atoms with Gasteiger partial charge in [0.1, 0.15) is 10.8 Å². The molecule has 0 unspecified atom stereocenters. The zero-order chi connectivity index (χ0) is 19.2. The Bertz CT molecular complexity index is 919. The molecular formula is C19H15F2N3O2S. The van der Waals surface area contributed by atoms with Crippen molar-refractivity contribution in [3.05, 3.63) is 72.1 Å². The molecule has 0 fully saturated rings. The Kier molecular flexibility index (Phi) is 5.97. The molecular weight excluding hydrogens is 372 g/mol. The SMILES string of the molecule is Cc1ccc(Oc2ccc(NC(=O)c3cccnc3SC(F)F)cn2)cc1. The van der Waals surface area contributed by atoms with Gasteiger partial charge < -0.3 is 10.1 Å². The van der Waals surface area contributed by atoms with E-state index in [2.05, 4.69) is 15.3 Å². The number of carbonyl (C=O) groups excluding carboxylic acids is 1. The average Bonchev–Trinajstić information content (AvgIpc) is 2.65. The van der Waals surface area contributed by atoms with Gasteiger partial charge in [-0.1, -0.05) is 17.7 Å². The van der Waals surface area contributed by atoms with E-state index in [0.717, 1.165) is 5.56 Å². The van der Waals surface area contributed by atoms with Crippen molar-refractivity contribution in [2.75, 3.05) is 5.32 Å². The number of thioether (sulfide) groups is 1. The molecule has 2 aromatic heterocycles. The first-order chi connectivity index (χ1) is 13.0. The molecule has 0 saturated heterocycles. The highest BCUT2D eigenvalue weighted by Gasteiger charge is 2.17. The van der Waals surface area contributed by atoms with Gasteiger partial charge in [0.05, 0.1) is 17.4 Å². The van der Waals surface area contributed by atoms with Crippen LogP contribution >= 0.6 is 11.8 Å². The molecule has 0 bridgehead atoms. The summed E-state index contributed by atoms with van der Waals surface area (Å²) in [5, 5.41) is 2.58. The normalized spacial score (nSPS) is 10.7. The van der Waals surface area contributed by atoms with E-state index in [-0.39, 0.29) is 22.4 Å². The number of anilines is 1. The van der Waals surface area contributed by atoms with Gasteiger partial charge in [-0.25, -0.2) is 9.97 Å². The summed E-state index contributed by atoms with van der Waals surface area (Å²) in [6, 6.07) is 13.7. The summed E-state index contributed by atoms with van der Waals surface area (Å²) >= 11 is 0.228. The number of ether oxygens (including phenoxy) is 1. The number of hydrogen-bond acceptors (Lipinski definition) is 5. The molecule has 3 rings (SSSR count). The Morgan fingerprint density at radius 1 is 1.11 bits per heavy atom. The van der Waals surface area contributed by atoms with Crippen LogP contribution in [-0.4, -0.2) is 21.6 Å². The number of aromatic nitrogens is 2. The number of pyridine rings is 2. The molecule has 3 aromatic rings. The molecule has 0 atom stereocenters. The van der Waals surface area contributed by atoms with E-state index in [0.29, 0.717) is 17.3 Å². The van der Waals surface area contributed by atoms with E-state index >= 15 is 0 Å². The number of rotatable bonds is 6. The molecule has 0 radical (unpaired) electrons. The fourth-order valence-electron chi connectivity index (χ4n) is 2.18. The number of aryl methyl sites for hydroxylation is 1. The van der Waals surface area contributed by atoms with Crippen LogP contribution in [0, 0.1) is 6.92 Å². The van der Waals surface area contributed by atoms with Gasteiger partial charge in [0.15, 0.2) is 0 Å². The van der Waals surface area contributed by atoms with Crippen molar-refractivity contribution in [1.82, 2.24) is 9.97 Å². The fourth-order valence-corrected chi connectivity index (χ4v) is 2.76. The molecule has 1 amide bonds. The summed E-state index contributed by atoms with van der Waals surface area (Å²) in [4.78, 5) is 20.3. The number of nitrogens with zero attached hydrogens (tertiary/aromatic N) is 2. The molecule has 8 heteroatoms. The largest absolute Gasteiger partial charge is 0.439 e. The van der Waals surface area contributed by atoms with Crippen LogP contribution in [0.3, 0.4) is 0 Å². The molecule has 2 heterocycles. The summed E-state index contributed by atoms with van der Waals surface area (Å²) in [5.41, 5.74) is 1.60. The first-order valence-electron chi connectivity index (χ1n) is 7.93. The van der Waals surface area contributed by atoms with Crippen LogP contribution in [0.5, 0.6) is 11.6 Å². The minimum Gasteiger partial charge on any atom is -0.439 e. The fraction of sp³-hybridized carbons (Fsp3) is 0.105. The van der Waals surface area contributed by atoms with E-state index in [9.17, 15) is 13.6 Å². The van der Waals surface area contributed by atoms with Crippen LogP contribution in [0.2, 0.25) is 0 Å². The Hall–Kier alpha value is -3.00. The number of hydrogen-bond donors (Lipinski definition) is 1. The van der Waals surface area contributed by atoms with Gasteiger partial charge in [-0.05, 0) is 49.0 Å². The van der Waals surface area contributed by atoms with E-state index in [1.54, 1.807) is 12.1 Å². The van der Waals surface area contributed by atoms with Crippen LogP contribution in [0.4, 0.5) is 14.5 Å². The lowest BCUT2D eigenvalue weighted by molar-refractivity contribution is 0.102. The monoisotopic (exact) mass is 387 g/mol. The standard InChI is InChI=1S/C19H15F2N3O2S/c1-12-4-7-14(8-5-12)26-16-9-6-13(11-23-16)24-17(25)15-3-2-10-22-18(15)27-19(20)21/h2-11,19H,1H3,(H,24,25). The molecule has 0 spiro atoms. The van der Waals surface area contributed by atoms with Crippen molar-refractivity contribution < 1.29 is 18.3 Å². The first kappa shape index (κ1) is 18.8. The Balaban J connectivity index is 1.68. The number of alkyl halides is 2. The van der Waals surface area contributed by atoms with E-state index in [4.69, 9.17) is 4.74 Å². The van der Waals surface area contributed by atoms with Crippen LogP contribution in [0.25, 0.3) is 0 Å². The predicted molar refractivity (Wildman–Crippen MR) is 99.5 cm³/mol. The highest BCUT2D eigenvalue weighted by atomic mass is 32.2. The van der Waals surface area contributed by atoms with Gasteiger partial charge in [0.25, 0.3) is 11.7 Å². The average molecular weight is 387 g/mol. The number of carbonyl (C=O) groups is 1. The van der Waals surface area contributed by atoms with Crippen molar-refractivity contribution >= 4 is 23.4 Å². The topological polar surface area (TPSA) is 64.1 Å². The third kappa shape index (κ3) is 5.24. The molecule has 138 valence electrons. The first-order valence-corrected chi connectivity index (χ1v) is 8.81. The van der Waals surface area contributed by atoms with Gasteiger partial charge in [-0.2, -0.15) is 8.78 Å². The predicted octanol–water partition coefficient (Wildman–Crippen LogP) is 5.14. The van der Waals surface area contributed by atoms with Crippen molar-refractivity contribution in [3.8, 4) is 11.6 Å². The molecule has 27 heavy (non-hydrogen) atoms. The highest BCUT2D eigenvalue weighted by molar-refractivity contribution is 7.99. The van der Waals surface area contributed by atoms with Crippen molar-refractivity contribution in [3.63, 3.8) is 0 Å². The van der Waals surface area contributed by atoms with Crippen molar-refractivity contribution in [1.29, 1.82) is 0 Å². The number of halogens is 2. The third-order valence-corrected chi connectivity index (χ3v) is 4.18. The molecule has 1 N–H and O–H groups in total. The minimum absolute atomic E-state index is 0.0303. The molecule has 0 aliphatic rings. The summed E-state index contributed by atoms with van der Waals surface area (Å²) in [7, 11) is 0. The number of nitrogens with one attached hydrogen (secondary N) is 1. The van der Waals surface area contributed by atoms with Crippen molar-refractivity contribution in [2.24, 2.45) is 0 Å². The second-order valence-electron chi connectivity index (χ2n) is 5.49. The molecule has 5 nitrogen and oxygen atoms in total. The van der Waals surface area contributed by atoms with Gasteiger partial charge in [0.2, 0.25) is 5.88 Å². The lowest BCUT2D eigenvalue weighted by Crippen LogP contribution is -2.14. The Labute approximate surface area is 158 Å². The maximum absolute atomic E-state index is 12.6. The number of benzene rings is 1. The highest BCUT2D eigenvalue weighted by Crippen LogP contribution is 2.27. The van der Waals surface area contributed by atoms with Gasteiger partial charge in [-0.15, -0.1) is 0 Å². The second-order valence-corrected chi connectivity index (χ2v) is 6.47. The zero-order valence-corrected chi connectivity index (χ0v) is 15.0. The summed E-state index contributed by atoms with van der Waals surface area (Å²) < 4.78 is 30.8. The zero-order valence-electron chi connectivity index (χ0n) is 14.2. The quantitative estimate of drug-likeness (QED) is 0.593. The Morgan fingerprint density at radius 3 is 2.56 bits per heavy atom. The van der Waals surface area contributed by atoms with Gasteiger partial charge in [-0.3, -0.25) is 4.79 Å². The minimum atomic E-state index is -2.66. The van der Waals surface area contributed by atoms with Crippen molar-refractivity contribution in [2.45, 2.75) is 17.7 Å². The lowest BCUT2D eigenvalue weighted by Gasteiger charge is -2.09. The van der Waals surface area contributed by atoms with Gasteiger partial charge >= 0.3 is 0 Å². The molecule has 1 aromatic carbocycles. The molecule has 0 saturated carbocycles. The molecule has 0 aliphatic heterocycles. The maximum atomic E-state index is 12.6. The summed E-state index contributed by atoms with van der Waals surface area (Å²) in [5.74, 6) is -2.19. The van der Waals surface area contributed by atoms with Crippen LogP contribution < -0.4 is 10.1 Å². The molecule has 0 aliphatic carbocycles. The van der Waals surface area contributed by atoms with E-state index < -0.39 is 11.7 Å². The third-order valence-electron chi connectivity index (χ3n) is 3.45. The summed E-state index contributed by atoms with van der Waals surface area (Å²) in [6.07, 6.45) is 2.79. The van der Waals surface area contributed by atoms with Gasteiger partial charge in [0, 0.05) is 12.3 Å². The Morgan fingerprint density at radius 2 is 1.89 bits per heavy atom. The number of amides is 1. The van der Waals surface area contributed by atoms with E-state index in [1.807, 2.05) is 31.2 Å². The van der Waals surface area contributed by atoms with E-state index in [1.165, 1.54) is 24.5 Å².